The number of phenolic OH excluding ortho intramolecular Hbond substituents is 1. The van der Waals surface area contributed by atoms with Gasteiger partial charge in [0.2, 0.25) is 0 Å². The van der Waals surface area contributed by atoms with Crippen molar-refractivity contribution < 1.29 is 14.9 Å². The SMILES string of the molecule is CCC(CC)(CO)NCc1cc(Br)cc(OC)c1O. The summed E-state index contributed by atoms with van der Waals surface area (Å²) < 4.78 is 5.97. The van der Waals surface area contributed by atoms with Crippen LogP contribution in [0.15, 0.2) is 16.6 Å². The standard InChI is InChI=1S/C14H22BrNO3/c1-4-14(5-2,9-17)16-8-10-6-11(15)7-12(19-3)13(10)18/h6-7,16-18H,4-5,8-9H2,1-3H3. The molecule has 19 heavy (non-hydrogen) atoms. The van der Waals surface area contributed by atoms with E-state index in [1.165, 1.54) is 7.11 Å². The van der Waals surface area contributed by atoms with Crippen LogP contribution in [0.5, 0.6) is 11.5 Å². The number of aliphatic hydroxyl groups is 1. The van der Waals surface area contributed by atoms with Crippen LogP contribution in [0.2, 0.25) is 0 Å². The summed E-state index contributed by atoms with van der Waals surface area (Å²) in [6, 6.07) is 3.57. The van der Waals surface area contributed by atoms with Crippen LogP contribution < -0.4 is 10.1 Å². The highest BCUT2D eigenvalue weighted by molar-refractivity contribution is 9.10. The Morgan fingerprint density at radius 2 is 1.95 bits per heavy atom. The first kappa shape index (κ1) is 16.3. The fourth-order valence-electron chi connectivity index (χ4n) is 1.98. The third-order valence-electron chi connectivity index (χ3n) is 3.65. The predicted octanol–water partition coefficient (Wildman–Crippen LogP) is 2.80. The molecule has 108 valence electrons. The number of aliphatic hydroxyl groups excluding tert-OH is 1. The van der Waals surface area contributed by atoms with Crippen LogP contribution in [0.1, 0.15) is 32.3 Å². The lowest BCUT2D eigenvalue weighted by atomic mass is 9.93. The Labute approximate surface area is 122 Å². The highest BCUT2D eigenvalue weighted by atomic mass is 79.9. The topological polar surface area (TPSA) is 61.7 Å². The Balaban J connectivity index is 2.91. The molecule has 0 atom stereocenters. The van der Waals surface area contributed by atoms with Crippen LogP contribution in [-0.4, -0.2) is 29.5 Å². The molecule has 3 N–H and O–H groups in total. The summed E-state index contributed by atoms with van der Waals surface area (Å²) in [4.78, 5) is 0. The van der Waals surface area contributed by atoms with Crippen molar-refractivity contribution in [1.29, 1.82) is 0 Å². The minimum absolute atomic E-state index is 0.0753. The largest absolute Gasteiger partial charge is 0.504 e. The van der Waals surface area contributed by atoms with E-state index in [0.29, 0.717) is 12.3 Å². The van der Waals surface area contributed by atoms with E-state index in [1.54, 1.807) is 6.07 Å². The molecule has 0 unspecified atom stereocenters. The smallest absolute Gasteiger partial charge is 0.162 e. The summed E-state index contributed by atoms with van der Waals surface area (Å²) in [5.41, 5.74) is 0.438. The summed E-state index contributed by atoms with van der Waals surface area (Å²) >= 11 is 3.39. The van der Waals surface area contributed by atoms with Gasteiger partial charge in [-0.25, -0.2) is 0 Å². The Bertz CT molecular complexity index is 411. The minimum atomic E-state index is -0.304. The maximum Gasteiger partial charge on any atom is 0.162 e. The van der Waals surface area contributed by atoms with Gasteiger partial charge in [-0.1, -0.05) is 29.8 Å². The maximum atomic E-state index is 10.1. The van der Waals surface area contributed by atoms with Crippen molar-refractivity contribution in [3.05, 3.63) is 22.2 Å². The first-order chi connectivity index (χ1) is 9.01. The number of halogens is 1. The Kier molecular flexibility index (Phi) is 6.10. The van der Waals surface area contributed by atoms with Gasteiger partial charge in [-0.15, -0.1) is 0 Å². The van der Waals surface area contributed by atoms with Crippen LogP contribution in [0.4, 0.5) is 0 Å². The molecule has 5 heteroatoms. The molecule has 0 saturated heterocycles. The molecule has 0 aliphatic heterocycles. The van der Waals surface area contributed by atoms with Gasteiger partial charge in [0, 0.05) is 22.1 Å². The molecular weight excluding hydrogens is 310 g/mol. The van der Waals surface area contributed by atoms with E-state index in [2.05, 4.69) is 21.2 Å². The average Bonchev–Trinajstić information content (AvgIpc) is 2.44. The van der Waals surface area contributed by atoms with Gasteiger partial charge < -0.3 is 20.3 Å². The maximum absolute atomic E-state index is 10.1. The predicted molar refractivity (Wildman–Crippen MR) is 79.6 cm³/mol. The second-order valence-electron chi connectivity index (χ2n) is 4.61. The van der Waals surface area contributed by atoms with Crippen molar-refractivity contribution in [1.82, 2.24) is 5.32 Å². The van der Waals surface area contributed by atoms with E-state index < -0.39 is 0 Å². The van der Waals surface area contributed by atoms with E-state index in [4.69, 9.17) is 4.74 Å². The number of nitrogens with one attached hydrogen (secondary N) is 1. The zero-order chi connectivity index (χ0) is 14.5. The molecule has 0 amide bonds. The molecule has 0 aromatic heterocycles. The van der Waals surface area contributed by atoms with Crippen LogP contribution in [0.3, 0.4) is 0 Å². The molecule has 4 nitrogen and oxygen atoms in total. The van der Waals surface area contributed by atoms with Crippen molar-refractivity contribution in [2.45, 2.75) is 38.8 Å². The van der Waals surface area contributed by atoms with Crippen LogP contribution in [-0.2, 0) is 6.54 Å². The van der Waals surface area contributed by atoms with Gasteiger partial charge in [0.15, 0.2) is 11.5 Å². The number of hydrogen-bond donors (Lipinski definition) is 3. The molecule has 0 aliphatic rings. The van der Waals surface area contributed by atoms with E-state index >= 15 is 0 Å². The molecule has 0 aliphatic carbocycles. The number of phenols is 1. The van der Waals surface area contributed by atoms with Gasteiger partial charge in [0.25, 0.3) is 0 Å². The summed E-state index contributed by atoms with van der Waals surface area (Å²) in [5, 5.41) is 22.9. The monoisotopic (exact) mass is 331 g/mol. The van der Waals surface area contributed by atoms with Gasteiger partial charge in [-0.2, -0.15) is 0 Å². The van der Waals surface area contributed by atoms with Crippen molar-refractivity contribution >= 4 is 15.9 Å². The molecule has 1 rings (SSSR count). The van der Waals surface area contributed by atoms with E-state index in [9.17, 15) is 10.2 Å². The van der Waals surface area contributed by atoms with E-state index in [-0.39, 0.29) is 17.9 Å². The third-order valence-corrected chi connectivity index (χ3v) is 4.11. The molecule has 0 saturated carbocycles. The highest BCUT2D eigenvalue weighted by Crippen LogP contribution is 2.33. The second kappa shape index (κ2) is 7.12. The average molecular weight is 332 g/mol. The first-order valence-electron chi connectivity index (χ1n) is 6.43. The second-order valence-corrected chi connectivity index (χ2v) is 5.53. The molecule has 0 heterocycles. The molecular formula is C14H22BrNO3. The Hall–Kier alpha value is -0.780. The zero-order valence-electron chi connectivity index (χ0n) is 11.7. The normalized spacial score (nSPS) is 11.6. The summed E-state index contributed by atoms with van der Waals surface area (Å²) in [6.45, 7) is 4.62. The van der Waals surface area contributed by atoms with Gasteiger partial charge in [-0.3, -0.25) is 0 Å². The van der Waals surface area contributed by atoms with E-state index in [1.807, 2.05) is 19.9 Å². The Morgan fingerprint density at radius 1 is 1.32 bits per heavy atom. The van der Waals surface area contributed by atoms with Gasteiger partial charge in [-0.05, 0) is 25.0 Å². The molecule has 0 fully saturated rings. The van der Waals surface area contributed by atoms with E-state index in [0.717, 1.165) is 22.9 Å². The Morgan fingerprint density at radius 3 is 2.42 bits per heavy atom. The number of rotatable bonds is 7. The van der Waals surface area contributed by atoms with Gasteiger partial charge >= 0.3 is 0 Å². The first-order valence-corrected chi connectivity index (χ1v) is 7.22. The number of hydrogen-bond acceptors (Lipinski definition) is 4. The summed E-state index contributed by atoms with van der Waals surface area (Å²) in [5.74, 6) is 0.575. The van der Waals surface area contributed by atoms with Crippen molar-refractivity contribution in [2.24, 2.45) is 0 Å². The quantitative estimate of drug-likeness (QED) is 0.719. The van der Waals surface area contributed by atoms with Crippen molar-refractivity contribution in [3.63, 3.8) is 0 Å². The van der Waals surface area contributed by atoms with Gasteiger partial charge in [0.1, 0.15) is 0 Å². The van der Waals surface area contributed by atoms with Gasteiger partial charge in [0.05, 0.1) is 13.7 Å². The molecule has 0 bridgehead atoms. The number of aromatic hydroxyl groups is 1. The van der Waals surface area contributed by atoms with Crippen LogP contribution in [0, 0.1) is 0 Å². The lowest BCUT2D eigenvalue weighted by molar-refractivity contribution is 0.149. The fourth-order valence-corrected chi connectivity index (χ4v) is 2.47. The molecule has 1 aromatic rings. The lowest BCUT2D eigenvalue weighted by Crippen LogP contribution is -2.47. The molecule has 0 spiro atoms. The highest BCUT2D eigenvalue weighted by Gasteiger charge is 2.24. The number of ether oxygens (including phenoxy) is 1. The third kappa shape index (κ3) is 3.84. The minimum Gasteiger partial charge on any atom is -0.504 e. The fraction of sp³-hybridized carbons (Fsp3) is 0.571. The summed E-state index contributed by atoms with van der Waals surface area (Å²) in [6.07, 6.45) is 1.65. The van der Waals surface area contributed by atoms with Crippen molar-refractivity contribution in [3.8, 4) is 11.5 Å². The number of methoxy groups -OCH3 is 1. The zero-order valence-corrected chi connectivity index (χ0v) is 13.2. The van der Waals surface area contributed by atoms with Crippen LogP contribution in [0.25, 0.3) is 0 Å². The molecule has 0 radical (unpaired) electrons. The lowest BCUT2D eigenvalue weighted by Gasteiger charge is -2.31. The molecule has 1 aromatic carbocycles. The van der Waals surface area contributed by atoms with Crippen molar-refractivity contribution in [2.75, 3.05) is 13.7 Å². The summed E-state index contributed by atoms with van der Waals surface area (Å²) in [7, 11) is 1.52. The number of benzene rings is 1. The van der Waals surface area contributed by atoms with Crippen LogP contribution >= 0.6 is 15.9 Å².